The van der Waals surface area contributed by atoms with Gasteiger partial charge >= 0.3 is 20.5 Å². The molecule has 0 bridgehead atoms. The lowest BCUT2D eigenvalue weighted by Crippen LogP contribution is -2.06. The zero-order chi connectivity index (χ0) is 16.6. The fourth-order valence-corrected chi connectivity index (χ4v) is 1.80. The van der Waals surface area contributed by atoms with Gasteiger partial charge in [-0.15, -0.1) is 0 Å². The molecular formula is C14H23O7P. The van der Waals surface area contributed by atoms with E-state index in [-0.39, 0.29) is 26.4 Å². The van der Waals surface area contributed by atoms with Crippen LogP contribution in [-0.4, -0.2) is 43.3 Å². The van der Waals surface area contributed by atoms with Crippen molar-refractivity contribution >= 4 is 20.5 Å². The Balaban J connectivity index is 3.41. The summed E-state index contributed by atoms with van der Waals surface area (Å²) in [5, 5.41) is 0. The number of esters is 2. The molecule has 0 unspecified atom stereocenters. The van der Waals surface area contributed by atoms with Crippen LogP contribution in [0, 0.1) is 0 Å². The Morgan fingerprint density at radius 3 is 1.64 bits per heavy atom. The van der Waals surface area contributed by atoms with Crippen LogP contribution in [-0.2, 0) is 28.1 Å². The molecule has 0 aromatic rings. The molecule has 0 fully saturated rings. The third-order valence-electron chi connectivity index (χ3n) is 2.07. The van der Waals surface area contributed by atoms with Gasteiger partial charge in [0.15, 0.2) is 0 Å². The van der Waals surface area contributed by atoms with Crippen LogP contribution in [0.5, 0.6) is 0 Å². The van der Waals surface area contributed by atoms with Crippen LogP contribution in [0.2, 0.25) is 0 Å². The lowest BCUT2D eigenvalue weighted by Gasteiger charge is -2.10. The minimum atomic E-state index is -1.97. The lowest BCUT2D eigenvalue weighted by molar-refractivity contribution is -0.138. The number of hydrogen-bond acceptors (Lipinski definition) is 7. The maximum absolute atomic E-state index is 11.0. The third-order valence-corrected chi connectivity index (χ3v) is 2.88. The van der Waals surface area contributed by atoms with Crippen molar-refractivity contribution in [3.63, 3.8) is 0 Å². The molecule has 0 rings (SSSR count). The van der Waals surface area contributed by atoms with E-state index in [1.807, 2.05) is 0 Å². The third kappa shape index (κ3) is 13.7. The number of carbonyl (C=O) groups excluding carboxylic acids is 2. The predicted molar refractivity (Wildman–Crippen MR) is 81.8 cm³/mol. The van der Waals surface area contributed by atoms with Gasteiger partial charge < -0.3 is 23.4 Å². The van der Waals surface area contributed by atoms with Gasteiger partial charge in [-0.3, -0.25) is 0 Å². The summed E-state index contributed by atoms with van der Waals surface area (Å²) in [6, 6.07) is 0. The van der Waals surface area contributed by atoms with E-state index in [1.165, 1.54) is 12.2 Å². The molecule has 126 valence electrons. The quantitative estimate of drug-likeness (QED) is 0.253. The molecule has 8 heteroatoms. The summed E-state index contributed by atoms with van der Waals surface area (Å²) in [6.07, 6.45) is 6.77. The average Bonchev–Trinajstić information content (AvgIpc) is 2.47. The molecule has 0 radical (unpaired) electrons. The smallest absolute Gasteiger partial charge is 0.330 e. The molecule has 0 amide bonds. The SMILES string of the molecule is CC=CC(=O)OCCCOP(O)OCCCOC(=O)C=CC. The Bertz CT molecular complexity index is 334. The monoisotopic (exact) mass is 334 g/mol. The van der Waals surface area contributed by atoms with Crippen LogP contribution in [0.25, 0.3) is 0 Å². The Morgan fingerprint density at radius 2 is 1.27 bits per heavy atom. The van der Waals surface area contributed by atoms with Gasteiger partial charge in [0.1, 0.15) is 0 Å². The molecule has 22 heavy (non-hydrogen) atoms. The molecule has 0 heterocycles. The second-order valence-corrected chi connectivity index (χ2v) is 4.94. The summed E-state index contributed by atoms with van der Waals surface area (Å²) < 4.78 is 19.7. The van der Waals surface area contributed by atoms with Crippen molar-refractivity contribution in [2.24, 2.45) is 0 Å². The van der Waals surface area contributed by atoms with E-state index in [1.54, 1.807) is 26.0 Å². The molecule has 0 aromatic heterocycles. The molecule has 1 N–H and O–H groups in total. The molecule has 0 atom stereocenters. The summed E-state index contributed by atoms with van der Waals surface area (Å²) in [6.45, 7) is 4.33. The first-order valence-corrected chi connectivity index (χ1v) is 8.07. The summed E-state index contributed by atoms with van der Waals surface area (Å²) in [5.41, 5.74) is 0. The lowest BCUT2D eigenvalue weighted by atomic mass is 10.5. The van der Waals surface area contributed by atoms with E-state index in [4.69, 9.17) is 18.5 Å². The summed E-state index contributed by atoms with van der Waals surface area (Å²) in [5.74, 6) is -0.810. The van der Waals surface area contributed by atoms with E-state index < -0.39 is 20.5 Å². The topological polar surface area (TPSA) is 91.3 Å². The summed E-state index contributed by atoms with van der Waals surface area (Å²) >= 11 is 0. The van der Waals surface area contributed by atoms with Crippen LogP contribution in [0.4, 0.5) is 0 Å². The van der Waals surface area contributed by atoms with Crippen LogP contribution in [0.3, 0.4) is 0 Å². The highest BCUT2D eigenvalue weighted by Gasteiger charge is 2.06. The Kier molecular flexibility index (Phi) is 13.8. The van der Waals surface area contributed by atoms with E-state index in [2.05, 4.69) is 0 Å². The van der Waals surface area contributed by atoms with Gasteiger partial charge in [-0.2, -0.15) is 0 Å². The highest BCUT2D eigenvalue weighted by molar-refractivity contribution is 7.40. The van der Waals surface area contributed by atoms with Crippen molar-refractivity contribution in [1.29, 1.82) is 0 Å². The summed E-state index contributed by atoms with van der Waals surface area (Å²) in [4.78, 5) is 31.4. The van der Waals surface area contributed by atoms with Crippen molar-refractivity contribution in [3.05, 3.63) is 24.3 Å². The maximum atomic E-state index is 11.0. The maximum Gasteiger partial charge on any atom is 0.330 e. The fourth-order valence-electron chi connectivity index (χ4n) is 1.15. The second-order valence-electron chi connectivity index (χ2n) is 3.95. The fraction of sp³-hybridized carbons (Fsp3) is 0.571. The van der Waals surface area contributed by atoms with Crippen molar-refractivity contribution in [1.82, 2.24) is 0 Å². The van der Waals surface area contributed by atoms with Gasteiger partial charge in [0, 0.05) is 25.0 Å². The van der Waals surface area contributed by atoms with E-state index in [0.29, 0.717) is 12.8 Å². The summed E-state index contributed by atoms with van der Waals surface area (Å²) in [7, 11) is -1.97. The zero-order valence-corrected chi connectivity index (χ0v) is 13.8. The van der Waals surface area contributed by atoms with Gasteiger partial charge in [0.05, 0.1) is 26.4 Å². The molecule has 0 saturated heterocycles. The minimum Gasteiger partial charge on any atom is -0.462 e. The van der Waals surface area contributed by atoms with Crippen molar-refractivity contribution in [3.8, 4) is 0 Å². The van der Waals surface area contributed by atoms with Crippen molar-refractivity contribution in [2.45, 2.75) is 26.7 Å². The number of ether oxygens (including phenoxy) is 2. The highest BCUT2D eigenvalue weighted by atomic mass is 31.2. The normalized spacial score (nSPS) is 12.7. The molecular weight excluding hydrogens is 311 g/mol. The van der Waals surface area contributed by atoms with E-state index in [9.17, 15) is 14.5 Å². The van der Waals surface area contributed by atoms with Gasteiger partial charge in [-0.05, 0) is 13.8 Å². The first-order chi connectivity index (χ1) is 10.6. The van der Waals surface area contributed by atoms with Crippen LogP contribution >= 0.6 is 8.60 Å². The van der Waals surface area contributed by atoms with Gasteiger partial charge in [-0.25, -0.2) is 9.59 Å². The number of hydrogen-bond donors (Lipinski definition) is 1. The number of rotatable bonds is 12. The Hall–Kier alpha value is -1.27. The molecule has 0 aliphatic heterocycles. The average molecular weight is 334 g/mol. The van der Waals surface area contributed by atoms with E-state index in [0.717, 1.165) is 0 Å². The molecule has 7 nitrogen and oxygen atoms in total. The number of allylic oxidation sites excluding steroid dienone is 2. The van der Waals surface area contributed by atoms with Crippen molar-refractivity contribution in [2.75, 3.05) is 26.4 Å². The van der Waals surface area contributed by atoms with Crippen molar-refractivity contribution < 1.29 is 33.0 Å². The second kappa shape index (κ2) is 14.7. The van der Waals surface area contributed by atoms with E-state index >= 15 is 0 Å². The Labute approximate surface area is 131 Å². The van der Waals surface area contributed by atoms with Crippen LogP contribution in [0.15, 0.2) is 24.3 Å². The first-order valence-electron chi connectivity index (χ1n) is 6.94. The van der Waals surface area contributed by atoms with Gasteiger partial charge in [-0.1, -0.05) is 12.2 Å². The zero-order valence-electron chi connectivity index (χ0n) is 12.9. The molecule has 0 aliphatic rings. The van der Waals surface area contributed by atoms with Gasteiger partial charge in [0.25, 0.3) is 0 Å². The molecule has 0 aromatic carbocycles. The molecule has 0 saturated carbocycles. The molecule has 0 spiro atoms. The highest BCUT2D eigenvalue weighted by Crippen LogP contribution is 2.32. The number of carbonyl (C=O) groups is 2. The predicted octanol–water partition coefficient (Wildman–Crippen LogP) is 2.26. The van der Waals surface area contributed by atoms with Gasteiger partial charge in [0.2, 0.25) is 0 Å². The minimum absolute atomic E-state index is 0.216. The van der Waals surface area contributed by atoms with Crippen LogP contribution < -0.4 is 0 Å². The Morgan fingerprint density at radius 1 is 0.864 bits per heavy atom. The molecule has 0 aliphatic carbocycles. The first kappa shape index (κ1) is 20.7. The largest absolute Gasteiger partial charge is 0.462 e. The van der Waals surface area contributed by atoms with Crippen LogP contribution in [0.1, 0.15) is 26.7 Å². The standard InChI is InChI=1S/C14H23O7P/c1-3-7-13(15)18-9-5-11-20-22(17)21-12-6-10-19-14(16)8-4-2/h3-4,7-8,17H,5-6,9-12H2,1-2H3.